The summed E-state index contributed by atoms with van der Waals surface area (Å²) in [5.41, 5.74) is 3.29. The molecule has 0 atom stereocenters. The molecule has 7 nitrogen and oxygen atoms in total. The molecule has 0 aliphatic heterocycles. The van der Waals surface area contributed by atoms with E-state index < -0.39 is 0 Å². The second-order valence-corrected chi connectivity index (χ2v) is 6.67. The number of aromatic nitrogens is 3. The van der Waals surface area contributed by atoms with Crippen LogP contribution in [0.15, 0.2) is 49.1 Å². The highest BCUT2D eigenvalue weighted by atomic mass is 16.5. The first-order valence-electron chi connectivity index (χ1n) is 9.30. The fraction of sp³-hybridized carbons (Fsp3) is 0.318. The molecule has 29 heavy (non-hydrogen) atoms. The van der Waals surface area contributed by atoms with E-state index in [4.69, 9.17) is 14.2 Å². The molecule has 1 aromatic carbocycles. The van der Waals surface area contributed by atoms with Gasteiger partial charge in [0.2, 0.25) is 5.75 Å². The van der Waals surface area contributed by atoms with Gasteiger partial charge in [-0.25, -0.2) is 9.97 Å². The molecule has 0 bridgehead atoms. The van der Waals surface area contributed by atoms with E-state index in [2.05, 4.69) is 19.9 Å². The van der Waals surface area contributed by atoms with Crippen molar-refractivity contribution in [3.8, 4) is 17.2 Å². The average Bonchev–Trinajstić information content (AvgIpc) is 2.75. The first-order valence-corrected chi connectivity index (χ1v) is 9.30. The highest BCUT2D eigenvalue weighted by Crippen LogP contribution is 2.38. The Labute approximate surface area is 171 Å². The fourth-order valence-electron chi connectivity index (χ4n) is 3.16. The molecular formula is C22H26N4O3. The molecule has 3 aromatic rings. The van der Waals surface area contributed by atoms with Gasteiger partial charge in [-0.1, -0.05) is 0 Å². The highest BCUT2D eigenvalue weighted by molar-refractivity contribution is 5.53. The Morgan fingerprint density at radius 1 is 0.759 bits per heavy atom. The molecule has 0 saturated carbocycles. The van der Waals surface area contributed by atoms with Crippen molar-refractivity contribution >= 4 is 0 Å². The highest BCUT2D eigenvalue weighted by Gasteiger charge is 2.16. The third-order valence-corrected chi connectivity index (χ3v) is 4.53. The molecule has 2 aromatic heterocycles. The first kappa shape index (κ1) is 20.5. The predicted octanol–water partition coefficient (Wildman–Crippen LogP) is 3.41. The van der Waals surface area contributed by atoms with Crippen LogP contribution in [-0.4, -0.2) is 41.2 Å². The second-order valence-electron chi connectivity index (χ2n) is 6.67. The Bertz CT molecular complexity index is 892. The zero-order chi connectivity index (χ0) is 20.6. The Balaban J connectivity index is 1.88. The van der Waals surface area contributed by atoms with E-state index in [-0.39, 0.29) is 0 Å². The lowest BCUT2D eigenvalue weighted by Gasteiger charge is -2.23. The summed E-state index contributed by atoms with van der Waals surface area (Å²) in [4.78, 5) is 15.1. The van der Waals surface area contributed by atoms with E-state index in [9.17, 15) is 0 Å². The Morgan fingerprint density at radius 2 is 1.31 bits per heavy atom. The maximum Gasteiger partial charge on any atom is 0.203 e. The monoisotopic (exact) mass is 394 g/mol. The van der Waals surface area contributed by atoms with E-state index in [1.807, 2.05) is 56.0 Å². The van der Waals surface area contributed by atoms with Crippen molar-refractivity contribution in [1.82, 2.24) is 19.9 Å². The normalized spacial score (nSPS) is 10.8. The van der Waals surface area contributed by atoms with Crippen molar-refractivity contribution in [2.45, 2.75) is 26.6 Å². The Kier molecular flexibility index (Phi) is 6.97. The summed E-state index contributed by atoms with van der Waals surface area (Å²) in [6, 6.07) is 8.00. The molecule has 0 unspecified atom stereocenters. The molecule has 2 heterocycles. The smallest absolute Gasteiger partial charge is 0.203 e. The van der Waals surface area contributed by atoms with Crippen LogP contribution < -0.4 is 14.2 Å². The minimum absolute atomic E-state index is 0.589. The molecule has 0 fully saturated rings. The lowest BCUT2D eigenvalue weighted by atomic mass is 10.1. The summed E-state index contributed by atoms with van der Waals surface area (Å²) in [6.45, 7) is 4.04. The van der Waals surface area contributed by atoms with Gasteiger partial charge < -0.3 is 14.2 Å². The predicted molar refractivity (Wildman–Crippen MR) is 110 cm³/mol. The summed E-state index contributed by atoms with van der Waals surface area (Å²) >= 11 is 0. The number of hydrogen-bond donors (Lipinski definition) is 0. The van der Waals surface area contributed by atoms with Crippen LogP contribution in [0.25, 0.3) is 0 Å². The largest absolute Gasteiger partial charge is 0.493 e. The maximum absolute atomic E-state index is 5.50. The zero-order valence-electron chi connectivity index (χ0n) is 17.3. The lowest BCUT2D eigenvalue weighted by Crippen LogP contribution is -2.23. The van der Waals surface area contributed by atoms with E-state index in [1.54, 1.807) is 21.3 Å². The van der Waals surface area contributed by atoms with Crippen LogP contribution in [0.2, 0.25) is 0 Å². The van der Waals surface area contributed by atoms with Crippen molar-refractivity contribution in [3.63, 3.8) is 0 Å². The molecule has 0 aliphatic rings. The number of pyridine rings is 1. The van der Waals surface area contributed by atoms with Crippen molar-refractivity contribution in [3.05, 3.63) is 71.6 Å². The molecule has 0 amide bonds. The van der Waals surface area contributed by atoms with Crippen LogP contribution >= 0.6 is 0 Å². The van der Waals surface area contributed by atoms with E-state index in [0.29, 0.717) is 30.3 Å². The minimum Gasteiger partial charge on any atom is -0.493 e. The lowest BCUT2D eigenvalue weighted by molar-refractivity contribution is 0.245. The van der Waals surface area contributed by atoms with Gasteiger partial charge in [0.15, 0.2) is 11.5 Å². The maximum atomic E-state index is 5.50. The van der Waals surface area contributed by atoms with Crippen LogP contribution in [0.4, 0.5) is 0 Å². The molecule has 0 radical (unpaired) electrons. The quantitative estimate of drug-likeness (QED) is 0.551. The standard InChI is InChI=1S/C22H26N4O3/c1-16-24-11-19(12-25-16)15-26(13-17-5-7-23-8-6-17)14-18-9-20(27-2)22(29-4)21(10-18)28-3/h5-12H,13-15H2,1-4H3. The van der Waals surface area contributed by atoms with E-state index >= 15 is 0 Å². The van der Waals surface area contributed by atoms with Gasteiger partial charge >= 0.3 is 0 Å². The zero-order valence-corrected chi connectivity index (χ0v) is 17.3. The molecule has 7 heteroatoms. The van der Waals surface area contributed by atoms with Gasteiger partial charge in [0.25, 0.3) is 0 Å². The summed E-state index contributed by atoms with van der Waals surface area (Å²) in [5, 5.41) is 0. The number of rotatable bonds is 9. The van der Waals surface area contributed by atoms with Crippen molar-refractivity contribution in [2.24, 2.45) is 0 Å². The van der Waals surface area contributed by atoms with Crippen molar-refractivity contribution < 1.29 is 14.2 Å². The summed E-state index contributed by atoms with van der Waals surface area (Å²) < 4.78 is 16.4. The van der Waals surface area contributed by atoms with E-state index in [0.717, 1.165) is 23.5 Å². The van der Waals surface area contributed by atoms with Crippen molar-refractivity contribution in [2.75, 3.05) is 21.3 Å². The van der Waals surface area contributed by atoms with Crippen LogP contribution in [0.5, 0.6) is 17.2 Å². The SMILES string of the molecule is COc1cc(CN(Cc2ccncc2)Cc2cnc(C)nc2)cc(OC)c1OC. The van der Waals surface area contributed by atoms with Crippen molar-refractivity contribution in [1.29, 1.82) is 0 Å². The topological polar surface area (TPSA) is 69.6 Å². The summed E-state index contributed by atoms with van der Waals surface area (Å²) in [6.07, 6.45) is 7.36. The number of methoxy groups -OCH3 is 3. The van der Waals surface area contributed by atoms with Gasteiger partial charge in [0, 0.05) is 50.0 Å². The Morgan fingerprint density at radius 3 is 1.86 bits per heavy atom. The third kappa shape index (κ3) is 5.42. The molecule has 0 N–H and O–H groups in total. The molecule has 0 saturated heterocycles. The van der Waals surface area contributed by atoms with Gasteiger partial charge in [-0.3, -0.25) is 9.88 Å². The number of ether oxygens (including phenoxy) is 3. The summed E-state index contributed by atoms with van der Waals surface area (Å²) in [7, 11) is 4.85. The second kappa shape index (κ2) is 9.84. The fourth-order valence-corrected chi connectivity index (χ4v) is 3.16. The summed E-state index contributed by atoms with van der Waals surface area (Å²) in [5.74, 6) is 2.64. The molecule has 152 valence electrons. The number of benzene rings is 1. The third-order valence-electron chi connectivity index (χ3n) is 4.53. The van der Waals surface area contributed by atoms with Crippen LogP contribution in [0.3, 0.4) is 0 Å². The molecular weight excluding hydrogens is 368 g/mol. The first-order chi connectivity index (χ1) is 14.1. The van der Waals surface area contributed by atoms with Gasteiger partial charge in [-0.15, -0.1) is 0 Å². The number of aryl methyl sites for hydroxylation is 1. The van der Waals surface area contributed by atoms with E-state index in [1.165, 1.54) is 5.56 Å². The van der Waals surface area contributed by atoms with Gasteiger partial charge in [0.1, 0.15) is 5.82 Å². The number of nitrogens with zero attached hydrogens (tertiary/aromatic N) is 4. The van der Waals surface area contributed by atoms with Crippen LogP contribution in [-0.2, 0) is 19.6 Å². The van der Waals surface area contributed by atoms with Gasteiger partial charge in [0.05, 0.1) is 21.3 Å². The molecule has 0 spiro atoms. The van der Waals surface area contributed by atoms with Gasteiger partial charge in [-0.05, 0) is 42.3 Å². The Hall–Kier alpha value is -3.19. The average molecular weight is 394 g/mol. The van der Waals surface area contributed by atoms with Crippen LogP contribution in [0, 0.1) is 6.92 Å². The molecule has 0 aliphatic carbocycles. The number of hydrogen-bond acceptors (Lipinski definition) is 7. The van der Waals surface area contributed by atoms with Crippen LogP contribution in [0.1, 0.15) is 22.5 Å². The van der Waals surface area contributed by atoms with Gasteiger partial charge in [-0.2, -0.15) is 0 Å². The molecule has 3 rings (SSSR count). The minimum atomic E-state index is 0.589.